The van der Waals surface area contributed by atoms with E-state index in [0.717, 1.165) is 28.3 Å². The van der Waals surface area contributed by atoms with Gasteiger partial charge in [-0.2, -0.15) is 5.10 Å². The Morgan fingerprint density at radius 2 is 1.92 bits per heavy atom. The molecule has 0 unspecified atom stereocenters. The SMILES string of the molecule is Cc1nn(C)c(C)c1C(=O)Nc1ccc(-c2cn3cccnc3n2)cc1. The maximum Gasteiger partial charge on any atom is 0.259 e. The number of rotatable bonds is 3. The maximum atomic E-state index is 12.6. The minimum Gasteiger partial charge on any atom is -0.322 e. The standard InChI is InChI=1S/C19H18N6O/c1-12-17(13(2)24(3)23-12)18(26)21-15-7-5-14(6-8-15)16-11-25-10-4-9-20-19(25)22-16/h4-11H,1-3H3,(H,21,26). The summed E-state index contributed by atoms with van der Waals surface area (Å²) in [4.78, 5) is 21.3. The van der Waals surface area contributed by atoms with E-state index in [2.05, 4.69) is 20.4 Å². The van der Waals surface area contributed by atoms with Crippen LogP contribution in [0.25, 0.3) is 17.0 Å². The Balaban J connectivity index is 1.57. The normalized spacial score (nSPS) is 11.0. The van der Waals surface area contributed by atoms with Crippen LogP contribution in [0.4, 0.5) is 5.69 Å². The zero-order valence-corrected chi connectivity index (χ0v) is 14.8. The molecule has 0 fully saturated rings. The summed E-state index contributed by atoms with van der Waals surface area (Å²) in [6.45, 7) is 3.72. The van der Waals surface area contributed by atoms with Gasteiger partial charge in [-0.1, -0.05) is 12.1 Å². The van der Waals surface area contributed by atoms with Gasteiger partial charge in [0.2, 0.25) is 5.78 Å². The van der Waals surface area contributed by atoms with Crippen molar-refractivity contribution < 1.29 is 4.79 Å². The largest absolute Gasteiger partial charge is 0.322 e. The number of nitrogens with one attached hydrogen (secondary N) is 1. The van der Waals surface area contributed by atoms with Crippen molar-refractivity contribution in [3.8, 4) is 11.3 Å². The Bertz CT molecular complexity index is 1070. The predicted octanol–water partition coefficient (Wildman–Crippen LogP) is 3.00. The summed E-state index contributed by atoms with van der Waals surface area (Å²) in [5.74, 6) is 0.500. The van der Waals surface area contributed by atoms with E-state index in [4.69, 9.17) is 0 Å². The summed E-state index contributed by atoms with van der Waals surface area (Å²) < 4.78 is 3.59. The first-order valence-electron chi connectivity index (χ1n) is 8.24. The molecular weight excluding hydrogens is 328 g/mol. The maximum absolute atomic E-state index is 12.6. The first-order valence-corrected chi connectivity index (χ1v) is 8.24. The molecule has 4 rings (SSSR count). The lowest BCUT2D eigenvalue weighted by Crippen LogP contribution is -2.14. The number of anilines is 1. The molecule has 4 aromatic rings. The van der Waals surface area contributed by atoms with Crippen LogP contribution in [0.2, 0.25) is 0 Å². The van der Waals surface area contributed by atoms with E-state index in [1.54, 1.807) is 10.9 Å². The van der Waals surface area contributed by atoms with E-state index in [1.807, 2.05) is 68.0 Å². The molecule has 7 nitrogen and oxygen atoms in total. The number of fused-ring (bicyclic) bond motifs is 1. The smallest absolute Gasteiger partial charge is 0.259 e. The minimum absolute atomic E-state index is 0.155. The molecule has 7 heteroatoms. The second-order valence-electron chi connectivity index (χ2n) is 6.15. The number of nitrogens with zero attached hydrogens (tertiary/aromatic N) is 5. The zero-order valence-electron chi connectivity index (χ0n) is 14.8. The molecular formula is C19H18N6O. The number of carbonyl (C=O) groups excluding carboxylic acids is 1. The summed E-state index contributed by atoms with van der Waals surface area (Å²) in [6.07, 6.45) is 5.55. The average Bonchev–Trinajstić information content (AvgIpc) is 3.16. The number of imidazole rings is 1. The van der Waals surface area contributed by atoms with Crippen molar-refractivity contribution in [2.24, 2.45) is 7.05 Å². The van der Waals surface area contributed by atoms with E-state index >= 15 is 0 Å². The Hall–Kier alpha value is -3.48. The molecule has 1 N–H and O–H groups in total. The summed E-state index contributed by atoms with van der Waals surface area (Å²) >= 11 is 0. The number of aryl methyl sites for hydroxylation is 2. The van der Waals surface area contributed by atoms with Crippen LogP contribution in [0, 0.1) is 13.8 Å². The van der Waals surface area contributed by atoms with Crippen molar-refractivity contribution in [2.75, 3.05) is 5.32 Å². The van der Waals surface area contributed by atoms with Crippen LogP contribution in [0.15, 0.2) is 48.9 Å². The number of carbonyl (C=O) groups is 1. The van der Waals surface area contributed by atoms with Gasteiger partial charge in [0.05, 0.1) is 17.0 Å². The molecule has 0 aliphatic heterocycles. The van der Waals surface area contributed by atoms with Gasteiger partial charge >= 0.3 is 0 Å². The first-order chi connectivity index (χ1) is 12.5. The molecule has 1 aromatic carbocycles. The van der Waals surface area contributed by atoms with Crippen LogP contribution in [0.3, 0.4) is 0 Å². The highest BCUT2D eigenvalue weighted by atomic mass is 16.1. The summed E-state index contributed by atoms with van der Waals surface area (Å²) in [7, 11) is 1.83. The van der Waals surface area contributed by atoms with Gasteiger partial charge in [0.1, 0.15) is 0 Å². The zero-order chi connectivity index (χ0) is 18.3. The van der Waals surface area contributed by atoms with E-state index in [9.17, 15) is 4.79 Å². The fourth-order valence-corrected chi connectivity index (χ4v) is 2.99. The summed E-state index contributed by atoms with van der Waals surface area (Å²) in [5, 5.41) is 7.22. The highest BCUT2D eigenvalue weighted by molar-refractivity contribution is 6.05. The second-order valence-corrected chi connectivity index (χ2v) is 6.15. The third kappa shape index (κ3) is 2.73. The predicted molar refractivity (Wildman–Crippen MR) is 99.1 cm³/mol. The number of hydrogen-bond acceptors (Lipinski definition) is 4. The highest BCUT2D eigenvalue weighted by Crippen LogP contribution is 2.22. The van der Waals surface area contributed by atoms with Gasteiger partial charge in [0, 0.05) is 42.6 Å². The van der Waals surface area contributed by atoms with Crippen LogP contribution in [0.1, 0.15) is 21.7 Å². The van der Waals surface area contributed by atoms with Crippen LogP contribution >= 0.6 is 0 Å². The second kappa shape index (κ2) is 6.11. The Labute approximate surface area is 150 Å². The number of benzene rings is 1. The van der Waals surface area contributed by atoms with E-state index in [0.29, 0.717) is 11.3 Å². The molecule has 3 aromatic heterocycles. The molecule has 130 valence electrons. The summed E-state index contributed by atoms with van der Waals surface area (Å²) in [5.41, 5.74) is 4.69. The van der Waals surface area contributed by atoms with Crippen LogP contribution in [-0.2, 0) is 7.05 Å². The molecule has 3 heterocycles. The minimum atomic E-state index is -0.155. The molecule has 26 heavy (non-hydrogen) atoms. The molecule has 1 amide bonds. The van der Waals surface area contributed by atoms with Crippen molar-refractivity contribution >= 4 is 17.4 Å². The number of aromatic nitrogens is 5. The molecule has 0 aliphatic carbocycles. The number of hydrogen-bond donors (Lipinski definition) is 1. The van der Waals surface area contributed by atoms with Crippen LogP contribution in [0.5, 0.6) is 0 Å². The van der Waals surface area contributed by atoms with Gasteiger partial charge in [-0.05, 0) is 32.0 Å². The molecule has 0 spiro atoms. The average molecular weight is 346 g/mol. The van der Waals surface area contributed by atoms with Crippen molar-refractivity contribution in [3.63, 3.8) is 0 Å². The quantitative estimate of drug-likeness (QED) is 0.619. The van der Waals surface area contributed by atoms with Gasteiger partial charge in [-0.3, -0.25) is 13.9 Å². The third-order valence-corrected chi connectivity index (χ3v) is 4.41. The van der Waals surface area contributed by atoms with Gasteiger partial charge in [0.15, 0.2) is 0 Å². The highest BCUT2D eigenvalue weighted by Gasteiger charge is 2.17. The topological polar surface area (TPSA) is 77.1 Å². The molecule has 0 aliphatic rings. The van der Waals surface area contributed by atoms with E-state index in [1.165, 1.54) is 0 Å². The van der Waals surface area contributed by atoms with Gasteiger partial charge in [0.25, 0.3) is 5.91 Å². The molecule has 0 radical (unpaired) electrons. The molecule has 0 atom stereocenters. The lowest BCUT2D eigenvalue weighted by Gasteiger charge is -2.06. The van der Waals surface area contributed by atoms with Crippen molar-refractivity contribution in [3.05, 3.63) is 65.9 Å². The molecule has 0 saturated carbocycles. The lowest BCUT2D eigenvalue weighted by molar-refractivity contribution is 0.102. The third-order valence-electron chi connectivity index (χ3n) is 4.41. The van der Waals surface area contributed by atoms with Gasteiger partial charge < -0.3 is 5.32 Å². The Kier molecular flexibility index (Phi) is 3.76. The fourth-order valence-electron chi connectivity index (χ4n) is 2.99. The molecule has 0 bridgehead atoms. The van der Waals surface area contributed by atoms with Gasteiger partial charge in [-0.25, -0.2) is 9.97 Å². The van der Waals surface area contributed by atoms with Crippen LogP contribution < -0.4 is 5.32 Å². The Morgan fingerprint density at radius 1 is 1.15 bits per heavy atom. The summed E-state index contributed by atoms with van der Waals surface area (Å²) in [6, 6.07) is 9.46. The van der Waals surface area contributed by atoms with Gasteiger partial charge in [-0.15, -0.1) is 0 Å². The van der Waals surface area contributed by atoms with Crippen molar-refractivity contribution in [1.29, 1.82) is 0 Å². The van der Waals surface area contributed by atoms with E-state index in [-0.39, 0.29) is 5.91 Å². The number of amides is 1. The van der Waals surface area contributed by atoms with Crippen molar-refractivity contribution in [2.45, 2.75) is 13.8 Å². The molecule has 0 saturated heterocycles. The lowest BCUT2D eigenvalue weighted by atomic mass is 10.1. The van der Waals surface area contributed by atoms with Crippen LogP contribution in [-0.4, -0.2) is 30.1 Å². The fraction of sp³-hybridized carbons (Fsp3) is 0.158. The Morgan fingerprint density at radius 3 is 2.58 bits per heavy atom. The first kappa shape index (κ1) is 16.0. The monoisotopic (exact) mass is 346 g/mol. The van der Waals surface area contributed by atoms with E-state index < -0.39 is 0 Å². The van der Waals surface area contributed by atoms with Crippen molar-refractivity contribution in [1.82, 2.24) is 24.1 Å².